The maximum Gasteiger partial charge on any atom is 0.344 e. The van der Waals surface area contributed by atoms with Gasteiger partial charge < -0.3 is 23.7 Å². The lowest BCUT2D eigenvalue weighted by atomic mass is 9.75. The lowest BCUT2D eigenvalue weighted by molar-refractivity contribution is -0.167. The molecular formula is C29H33NO10. The van der Waals surface area contributed by atoms with Crippen LogP contribution in [0, 0.1) is 11.8 Å². The van der Waals surface area contributed by atoms with Crippen LogP contribution in [0.15, 0.2) is 48.5 Å². The largest absolute Gasteiger partial charge is 0.497 e. The van der Waals surface area contributed by atoms with Gasteiger partial charge in [-0.3, -0.25) is 19.3 Å². The van der Waals surface area contributed by atoms with Gasteiger partial charge in [0.15, 0.2) is 5.78 Å². The van der Waals surface area contributed by atoms with Crippen LogP contribution in [-0.2, 0) is 33.4 Å². The number of benzene rings is 2. The molecule has 3 rings (SSSR count). The molecule has 0 radical (unpaired) electrons. The predicted octanol–water partition coefficient (Wildman–Crippen LogP) is 2.98. The van der Waals surface area contributed by atoms with Gasteiger partial charge in [-0.25, -0.2) is 9.59 Å². The van der Waals surface area contributed by atoms with E-state index in [4.69, 9.17) is 23.7 Å². The third kappa shape index (κ3) is 5.49. The number of esters is 3. The summed E-state index contributed by atoms with van der Waals surface area (Å²) in [5, 5.41) is 0. The fourth-order valence-electron chi connectivity index (χ4n) is 4.86. The second-order valence-corrected chi connectivity index (χ2v) is 8.77. The van der Waals surface area contributed by atoms with Crippen LogP contribution < -0.4 is 14.4 Å². The standard InChI is InChI=1S/C29H33NO10/c1-6-38-26(33)24-22(17-23(31)18-9-13-20(36-4)14-10-18)29(27(34)39-7-2,28(35)40-8-3)30(25(24)32)19-11-15-21(37-5)16-12-19/h9-16,22,24H,6-8,17H2,1-5H3/t22-,24-/m1/s1. The SMILES string of the molecule is CCOC(=O)[C@H]1C(=O)N(c2ccc(OC)cc2)C(C(=O)OCC)(C(=O)OCC)[C@@H]1CC(=O)c1ccc(OC)cc1. The Hall–Kier alpha value is -4.41. The van der Waals surface area contributed by atoms with Crippen molar-refractivity contribution in [3.63, 3.8) is 0 Å². The van der Waals surface area contributed by atoms with Crippen LogP contribution in [0.3, 0.4) is 0 Å². The number of hydrogen-bond donors (Lipinski definition) is 0. The van der Waals surface area contributed by atoms with Crippen LogP contribution in [0.4, 0.5) is 5.69 Å². The highest BCUT2D eigenvalue weighted by molar-refractivity contribution is 6.23. The Kier molecular flexibility index (Phi) is 9.87. The first-order chi connectivity index (χ1) is 19.2. The minimum absolute atomic E-state index is 0.0733. The van der Waals surface area contributed by atoms with Gasteiger partial charge in [0.25, 0.3) is 0 Å². The maximum atomic E-state index is 14.1. The first kappa shape index (κ1) is 30.1. The van der Waals surface area contributed by atoms with Gasteiger partial charge in [-0.15, -0.1) is 0 Å². The summed E-state index contributed by atoms with van der Waals surface area (Å²) in [7, 11) is 2.93. The molecular weight excluding hydrogens is 522 g/mol. The van der Waals surface area contributed by atoms with Crippen molar-refractivity contribution in [1.29, 1.82) is 0 Å². The molecule has 1 aliphatic rings. The zero-order chi connectivity index (χ0) is 29.4. The second kappa shape index (κ2) is 13.1. The first-order valence-corrected chi connectivity index (χ1v) is 12.9. The van der Waals surface area contributed by atoms with Gasteiger partial charge >= 0.3 is 17.9 Å². The van der Waals surface area contributed by atoms with E-state index in [1.165, 1.54) is 64.5 Å². The normalized spacial score (nSPS) is 17.6. The third-order valence-electron chi connectivity index (χ3n) is 6.64. The lowest BCUT2D eigenvalue weighted by Gasteiger charge is -2.37. The number of amides is 1. The van der Waals surface area contributed by atoms with Crippen LogP contribution in [-0.4, -0.2) is 69.2 Å². The monoisotopic (exact) mass is 555 g/mol. The molecule has 0 unspecified atom stereocenters. The zero-order valence-electron chi connectivity index (χ0n) is 23.1. The number of ether oxygens (including phenoxy) is 5. The van der Waals surface area contributed by atoms with Crippen LogP contribution in [0.5, 0.6) is 11.5 Å². The fraction of sp³-hybridized carbons (Fsp3) is 0.414. The molecule has 0 spiro atoms. The summed E-state index contributed by atoms with van der Waals surface area (Å²) in [6.07, 6.45) is -0.550. The molecule has 11 nitrogen and oxygen atoms in total. The Labute approximate surface area is 232 Å². The van der Waals surface area contributed by atoms with Crippen molar-refractivity contribution in [3.05, 3.63) is 54.1 Å². The molecule has 0 aromatic heterocycles. The van der Waals surface area contributed by atoms with Gasteiger partial charge in [0, 0.05) is 23.6 Å². The highest BCUT2D eigenvalue weighted by atomic mass is 16.6. The van der Waals surface area contributed by atoms with E-state index >= 15 is 0 Å². The number of Topliss-reactive ketones (excluding diaryl/α,β-unsaturated/α-hetero) is 1. The molecule has 1 aliphatic heterocycles. The quantitative estimate of drug-likeness (QED) is 0.166. The van der Waals surface area contributed by atoms with Gasteiger partial charge in [0.1, 0.15) is 17.4 Å². The van der Waals surface area contributed by atoms with Crippen molar-refractivity contribution in [3.8, 4) is 11.5 Å². The lowest BCUT2D eigenvalue weighted by Crippen LogP contribution is -2.63. The molecule has 2 aromatic carbocycles. The average molecular weight is 556 g/mol. The van der Waals surface area contributed by atoms with E-state index in [0.717, 1.165) is 4.90 Å². The number of ketones is 1. The predicted molar refractivity (Wildman–Crippen MR) is 142 cm³/mol. The Morgan fingerprint density at radius 3 is 1.68 bits per heavy atom. The molecule has 0 bridgehead atoms. The second-order valence-electron chi connectivity index (χ2n) is 8.77. The van der Waals surface area contributed by atoms with E-state index in [1.54, 1.807) is 19.1 Å². The smallest absolute Gasteiger partial charge is 0.344 e. The summed E-state index contributed by atoms with van der Waals surface area (Å²) in [5.41, 5.74) is -2.18. The number of carbonyl (C=O) groups is 5. The molecule has 11 heteroatoms. The van der Waals surface area contributed by atoms with E-state index in [0.29, 0.717) is 11.5 Å². The molecule has 2 aromatic rings. The van der Waals surface area contributed by atoms with E-state index in [-0.39, 0.29) is 31.1 Å². The summed E-state index contributed by atoms with van der Waals surface area (Å²) in [6.45, 7) is 4.26. The summed E-state index contributed by atoms with van der Waals surface area (Å²) in [4.78, 5) is 69.5. The van der Waals surface area contributed by atoms with Crippen LogP contribution in [0.2, 0.25) is 0 Å². The first-order valence-electron chi connectivity index (χ1n) is 12.9. The minimum atomic E-state index is -2.50. The third-order valence-corrected chi connectivity index (χ3v) is 6.64. The number of carbonyl (C=O) groups excluding carboxylic acids is 5. The van der Waals surface area contributed by atoms with Gasteiger partial charge in [-0.1, -0.05) is 0 Å². The molecule has 40 heavy (non-hydrogen) atoms. The molecule has 0 saturated carbocycles. The highest BCUT2D eigenvalue weighted by Crippen LogP contribution is 2.48. The Morgan fingerprint density at radius 1 is 0.750 bits per heavy atom. The van der Waals surface area contributed by atoms with Crippen molar-refractivity contribution < 1.29 is 47.7 Å². The van der Waals surface area contributed by atoms with Gasteiger partial charge in [-0.2, -0.15) is 0 Å². The fourth-order valence-corrected chi connectivity index (χ4v) is 4.86. The molecule has 0 aliphatic carbocycles. The number of methoxy groups -OCH3 is 2. The van der Waals surface area contributed by atoms with E-state index in [9.17, 15) is 24.0 Å². The Bertz CT molecular complexity index is 1220. The van der Waals surface area contributed by atoms with Gasteiger partial charge in [0.2, 0.25) is 11.4 Å². The van der Waals surface area contributed by atoms with Crippen LogP contribution in [0.1, 0.15) is 37.6 Å². The van der Waals surface area contributed by atoms with Crippen LogP contribution >= 0.6 is 0 Å². The number of hydrogen-bond acceptors (Lipinski definition) is 10. The molecule has 1 heterocycles. The highest BCUT2D eigenvalue weighted by Gasteiger charge is 2.72. The minimum Gasteiger partial charge on any atom is -0.497 e. The average Bonchev–Trinajstić information content (AvgIpc) is 3.22. The maximum absolute atomic E-state index is 14.1. The Balaban J connectivity index is 2.29. The van der Waals surface area contributed by atoms with Crippen molar-refractivity contribution in [1.82, 2.24) is 0 Å². The number of rotatable bonds is 12. The summed E-state index contributed by atoms with van der Waals surface area (Å²) in [6, 6.07) is 12.1. The van der Waals surface area contributed by atoms with E-state index < -0.39 is 53.4 Å². The van der Waals surface area contributed by atoms with Crippen molar-refractivity contribution >= 4 is 35.3 Å². The Morgan fingerprint density at radius 2 is 1.23 bits per heavy atom. The number of nitrogens with zero attached hydrogens (tertiary/aromatic N) is 1. The molecule has 2 atom stereocenters. The topological polar surface area (TPSA) is 135 Å². The van der Waals surface area contributed by atoms with Crippen molar-refractivity contribution in [2.75, 3.05) is 38.9 Å². The van der Waals surface area contributed by atoms with Gasteiger partial charge in [-0.05, 0) is 69.3 Å². The van der Waals surface area contributed by atoms with Crippen LogP contribution in [0.25, 0.3) is 0 Å². The zero-order valence-corrected chi connectivity index (χ0v) is 23.1. The van der Waals surface area contributed by atoms with E-state index in [2.05, 4.69) is 0 Å². The summed E-state index contributed by atoms with van der Waals surface area (Å²) in [5.74, 6) is -6.91. The molecule has 1 fully saturated rings. The molecule has 0 N–H and O–H groups in total. The van der Waals surface area contributed by atoms with Gasteiger partial charge in [0.05, 0.1) is 34.0 Å². The molecule has 214 valence electrons. The van der Waals surface area contributed by atoms with Crippen molar-refractivity contribution in [2.45, 2.75) is 32.7 Å². The number of anilines is 1. The van der Waals surface area contributed by atoms with E-state index in [1.807, 2.05) is 0 Å². The molecule has 1 amide bonds. The summed E-state index contributed by atoms with van der Waals surface area (Å²) < 4.78 is 26.2. The summed E-state index contributed by atoms with van der Waals surface area (Å²) >= 11 is 0. The van der Waals surface area contributed by atoms with Crippen molar-refractivity contribution in [2.24, 2.45) is 11.8 Å². The molecule has 1 saturated heterocycles.